The molecule has 1 saturated heterocycles. The molecule has 0 aliphatic carbocycles. The highest BCUT2D eigenvalue weighted by atomic mass is 19.4. The number of aryl methyl sites for hydroxylation is 1. The molecule has 164 valence electrons. The number of H-pyrrole nitrogens is 1. The first-order valence-electron chi connectivity index (χ1n) is 9.88. The first-order chi connectivity index (χ1) is 15.2. The number of hydrogen-bond donors (Lipinski definition) is 2. The van der Waals surface area contributed by atoms with E-state index in [0.29, 0.717) is 24.2 Å². The van der Waals surface area contributed by atoms with Crippen molar-refractivity contribution in [1.29, 1.82) is 5.26 Å². The Morgan fingerprint density at radius 2 is 1.94 bits per heavy atom. The summed E-state index contributed by atoms with van der Waals surface area (Å²) in [7, 11) is 0. The van der Waals surface area contributed by atoms with Gasteiger partial charge in [-0.2, -0.15) is 18.4 Å². The van der Waals surface area contributed by atoms with Crippen molar-refractivity contribution in [2.24, 2.45) is 0 Å². The molecule has 2 N–H and O–H groups in total. The lowest BCUT2D eigenvalue weighted by Gasteiger charge is -2.39. The topological polar surface area (TPSA) is 93.0 Å². The highest BCUT2D eigenvalue weighted by Crippen LogP contribution is 2.37. The first-order valence-corrected chi connectivity index (χ1v) is 9.88. The van der Waals surface area contributed by atoms with E-state index in [1.807, 2.05) is 12.1 Å². The number of nitriles is 1. The van der Waals surface area contributed by atoms with Crippen LogP contribution in [0.2, 0.25) is 0 Å². The van der Waals surface area contributed by atoms with Gasteiger partial charge in [0, 0.05) is 30.1 Å². The summed E-state index contributed by atoms with van der Waals surface area (Å²) in [6.07, 6.45) is -4.69. The molecular weight excluding hydrogens is 421 g/mol. The lowest BCUT2D eigenvalue weighted by atomic mass is 9.90. The van der Waals surface area contributed by atoms with Crippen LogP contribution in [-0.2, 0) is 12.8 Å². The minimum Gasteiger partial charge on any atom is -0.388 e. The van der Waals surface area contributed by atoms with Crippen molar-refractivity contribution in [3.05, 3.63) is 76.2 Å². The number of amides is 1. The number of hydrogen-bond acceptors (Lipinski definition) is 4. The second-order valence-corrected chi connectivity index (χ2v) is 7.73. The van der Waals surface area contributed by atoms with E-state index in [2.05, 4.69) is 16.0 Å². The summed E-state index contributed by atoms with van der Waals surface area (Å²) >= 11 is 0. The Hall–Kier alpha value is -3.64. The zero-order valence-electron chi connectivity index (χ0n) is 17.1. The number of benzene rings is 2. The maximum Gasteiger partial charge on any atom is 0.433 e. The normalized spacial score (nSPS) is 14.2. The van der Waals surface area contributed by atoms with Gasteiger partial charge in [-0.05, 0) is 42.3 Å². The number of nitrogens with zero attached hydrogens (tertiary/aromatic N) is 3. The summed E-state index contributed by atoms with van der Waals surface area (Å²) in [5.74, 6) is -0.328. The van der Waals surface area contributed by atoms with Gasteiger partial charge in [0.15, 0.2) is 0 Å². The zero-order valence-corrected chi connectivity index (χ0v) is 17.1. The fraction of sp³-hybridized carbons (Fsp3) is 0.261. The Kier molecular flexibility index (Phi) is 5.48. The number of aliphatic hydroxyl groups excluding tert-OH is 1. The molecule has 4 rings (SSSR count). The number of rotatable bonds is 4. The number of alkyl halides is 3. The van der Waals surface area contributed by atoms with E-state index in [0.717, 1.165) is 5.56 Å². The van der Waals surface area contributed by atoms with Gasteiger partial charge >= 0.3 is 6.18 Å². The Balaban J connectivity index is 1.57. The molecule has 0 spiro atoms. The van der Waals surface area contributed by atoms with Gasteiger partial charge in [0.1, 0.15) is 23.8 Å². The molecule has 0 bridgehead atoms. The monoisotopic (exact) mass is 440 g/mol. The highest BCUT2D eigenvalue weighted by Gasteiger charge is 2.38. The quantitative estimate of drug-likeness (QED) is 0.641. The summed E-state index contributed by atoms with van der Waals surface area (Å²) in [6, 6.07) is 13.8. The van der Waals surface area contributed by atoms with Crippen LogP contribution in [0.4, 0.5) is 13.2 Å². The maximum absolute atomic E-state index is 13.5. The third-order valence-corrected chi connectivity index (χ3v) is 5.61. The van der Waals surface area contributed by atoms with Crippen LogP contribution >= 0.6 is 0 Å². The number of nitrogens with one attached hydrogen (secondary N) is 1. The van der Waals surface area contributed by atoms with E-state index in [1.165, 1.54) is 6.07 Å². The molecule has 1 aliphatic rings. The van der Waals surface area contributed by atoms with Gasteiger partial charge in [-0.25, -0.2) is 4.98 Å². The zero-order chi connectivity index (χ0) is 23.0. The Morgan fingerprint density at radius 3 is 2.53 bits per heavy atom. The molecule has 6 nitrogen and oxygen atoms in total. The molecule has 32 heavy (non-hydrogen) atoms. The number of carbonyl (C=O) groups excluding carboxylic acids is 1. The molecule has 1 aromatic heterocycles. The number of imidazole rings is 1. The molecule has 2 aromatic carbocycles. The second-order valence-electron chi connectivity index (χ2n) is 7.73. The Labute approximate surface area is 181 Å². The fourth-order valence-electron chi connectivity index (χ4n) is 3.77. The Bertz CT molecular complexity index is 1200. The van der Waals surface area contributed by atoms with Crippen molar-refractivity contribution in [1.82, 2.24) is 14.9 Å². The van der Waals surface area contributed by atoms with Crippen molar-refractivity contribution < 1.29 is 23.1 Å². The molecule has 1 aliphatic heterocycles. The van der Waals surface area contributed by atoms with Crippen LogP contribution in [0, 0.1) is 18.3 Å². The minimum atomic E-state index is -4.69. The molecule has 0 saturated carbocycles. The smallest absolute Gasteiger partial charge is 0.388 e. The third-order valence-electron chi connectivity index (χ3n) is 5.61. The fourth-order valence-corrected chi connectivity index (χ4v) is 3.77. The van der Waals surface area contributed by atoms with Gasteiger partial charge < -0.3 is 15.0 Å². The molecular formula is C23H19F3N4O2. The van der Waals surface area contributed by atoms with Gasteiger partial charge in [0.2, 0.25) is 0 Å². The van der Waals surface area contributed by atoms with E-state index < -0.39 is 18.5 Å². The third kappa shape index (κ3) is 3.97. The van der Waals surface area contributed by atoms with E-state index >= 15 is 0 Å². The van der Waals surface area contributed by atoms with Crippen LogP contribution in [0.3, 0.4) is 0 Å². The van der Waals surface area contributed by atoms with Crippen molar-refractivity contribution in [2.75, 3.05) is 13.1 Å². The molecule has 9 heteroatoms. The van der Waals surface area contributed by atoms with Crippen molar-refractivity contribution in [3.63, 3.8) is 0 Å². The number of aromatic nitrogens is 2. The predicted molar refractivity (Wildman–Crippen MR) is 109 cm³/mol. The van der Waals surface area contributed by atoms with E-state index in [-0.39, 0.29) is 34.5 Å². The van der Waals surface area contributed by atoms with Crippen molar-refractivity contribution >= 4 is 5.91 Å². The van der Waals surface area contributed by atoms with Crippen molar-refractivity contribution in [3.8, 4) is 17.3 Å². The van der Waals surface area contributed by atoms with Crippen LogP contribution in [0.1, 0.15) is 44.5 Å². The average molecular weight is 440 g/mol. The SMILES string of the molecule is Cc1ccc(C(=O)N2CC(c3ccc(C#N)cc3)C2)cc1-c1nc(CO)[nH]c1C(F)(F)F. The maximum atomic E-state index is 13.5. The van der Waals surface area contributed by atoms with Crippen LogP contribution in [-0.4, -0.2) is 39.0 Å². The van der Waals surface area contributed by atoms with Gasteiger partial charge in [-0.15, -0.1) is 0 Å². The van der Waals surface area contributed by atoms with Gasteiger partial charge in [0.05, 0.1) is 11.6 Å². The molecule has 3 aromatic rings. The second kappa shape index (κ2) is 8.13. The summed E-state index contributed by atoms with van der Waals surface area (Å²) in [5, 5.41) is 18.1. The summed E-state index contributed by atoms with van der Waals surface area (Å²) in [6.45, 7) is 1.95. The molecule has 2 heterocycles. The standard InChI is InChI=1S/C23H19F3N4O2/c1-13-2-5-16(8-18(13)20-21(23(24,25)26)29-19(12-31)28-20)22(32)30-10-17(11-30)15-6-3-14(9-27)4-7-15/h2-8,17,31H,10-12H2,1H3,(H,28,29). The van der Waals surface area contributed by atoms with Gasteiger partial charge in [-0.3, -0.25) is 4.79 Å². The average Bonchev–Trinajstić information content (AvgIpc) is 3.18. The largest absolute Gasteiger partial charge is 0.433 e. The first kappa shape index (κ1) is 21.6. The van der Waals surface area contributed by atoms with Crippen molar-refractivity contribution in [2.45, 2.75) is 25.6 Å². The summed E-state index contributed by atoms with van der Waals surface area (Å²) in [5.41, 5.74) is 1.18. The minimum absolute atomic E-state index is 0.145. The number of halogens is 3. The van der Waals surface area contributed by atoms with Gasteiger partial charge in [-0.1, -0.05) is 18.2 Å². The lowest BCUT2D eigenvalue weighted by molar-refractivity contribution is -0.140. The Morgan fingerprint density at radius 1 is 1.25 bits per heavy atom. The number of carbonyl (C=O) groups is 1. The van der Waals surface area contributed by atoms with Crippen LogP contribution in [0.5, 0.6) is 0 Å². The lowest BCUT2D eigenvalue weighted by Crippen LogP contribution is -2.48. The van der Waals surface area contributed by atoms with Crippen LogP contribution in [0.15, 0.2) is 42.5 Å². The number of aromatic amines is 1. The molecule has 0 unspecified atom stereocenters. The highest BCUT2D eigenvalue weighted by molar-refractivity contribution is 5.96. The van der Waals surface area contributed by atoms with Gasteiger partial charge in [0.25, 0.3) is 5.91 Å². The molecule has 0 atom stereocenters. The summed E-state index contributed by atoms with van der Waals surface area (Å²) < 4.78 is 40.4. The van der Waals surface area contributed by atoms with Crippen LogP contribution in [0.25, 0.3) is 11.3 Å². The molecule has 1 fully saturated rings. The number of aliphatic hydroxyl groups is 1. The van der Waals surface area contributed by atoms with E-state index in [9.17, 15) is 23.1 Å². The predicted octanol–water partition coefficient (Wildman–Crippen LogP) is 4.01. The van der Waals surface area contributed by atoms with E-state index in [4.69, 9.17) is 5.26 Å². The molecule has 1 amide bonds. The summed E-state index contributed by atoms with van der Waals surface area (Å²) in [4.78, 5) is 20.6. The number of likely N-dealkylation sites (tertiary alicyclic amines) is 1. The van der Waals surface area contributed by atoms with Crippen LogP contribution < -0.4 is 0 Å². The molecule has 0 radical (unpaired) electrons. The van der Waals surface area contributed by atoms with E-state index in [1.54, 1.807) is 36.1 Å².